The van der Waals surface area contributed by atoms with Crippen LogP contribution in [0.5, 0.6) is 0 Å². The van der Waals surface area contributed by atoms with Crippen LogP contribution in [0.25, 0.3) is 21.7 Å². The summed E-state index contributed by atoms with van der Waals surface area (Å²) in [7, 11) is 0. The smallest absolute Gasteiger partial charge is 0.259 e. The van der Waals surface area contributed by atoms with Gasteiger partial charge in [0.05, 0.1) is 45.0 Å². The van der Waals surface area contributed by atoms with E-state index in [4.69, 9.17) is 10.3 Å². The maximum absolute atomic E-state index is 13.3. The Hall–Kier alpha value is -3.79. The van der Waals surface area contributed by atoms with Gasteiger partial charge < -0.3 is 20.5 Å². The summed E-state index contributed by atoms with van der Waals surface area (Å²) in [5.41, 5.74) is 8.07. The molecule has 1 saturated heterocycles. The van der Waals surface area contributed by atoms with Crippen LogP contribution in [0.2, 0.25) is 0 Å². The third-order valence-electron chi connectivity index (χ3n) is 6.01. The van der Waals surface area contributed by atoms with Crippen LogP contribution in [0.4, 0.5) is 11.5 Å². The van der Waals surface area contributed by atoms with Crippen molar-refractivity contribution >= 4 is 45.8 Å². The van der Waals surface area contributed by atoms with E-state index in [-0.39, 0.29) is 17.7 Å². The number of pyridine rings is 2. The van der Waals surface area contributed by atoms with E-state index < -0.39 is 0 Å². The summed E-state index contributed by atoms with van der Waals surface area (Å²) in [6.45, 7) is 5.18. The molecule has 4 aromatic heterocycles. The number of nitrogens with one attached hydrogen (secondary N) is 1. The largest absolute Gasteiger partial charge is 0.369 e. The molecule has 5 rings (SSSR count). The van der Waals surface area contributed by atoms with E-state index in [0.717, 1.165) is 35.0 Å². The van der Waals surface area contributed by atoms with Gasteiger partial charge in [0.2, 0.25) is 5.91 Å². The summed E-state index contributed by atoms with van der Waals surface area (Å²) in [5.74, 6) is 0.00514. The average Bonchev–Trinajstić information content (AvgIpc) is 3.44. The van der Waals surface area contributed by atoms with Gasteiger partial charge in [-0.15, -0.1) is 11.3 Å². The van der Waals surface area contributed by atoms with Gasteiger partial charge in [0.25, 0.3) is 11.6 Å². The number of carbonyl (C=O) groups is 2. The van der Waals surface area contributed by atoms with Crippen LogP contribution in [0.1, 0.15) is 33.8 Å². The fraction of sp³-hybridized carbons (Fsp3) is 0.292. The number of rotatable bonds is 5. The first-order valence-electron chi connectivity index (χ1n) is 11.0. The van der Waals surface area contributed by atoms with Crippen molar-refractivity contribution in [3.63, 3.8) is 0 Å². The van der Waals surface area contributed by atoms with Crippen molar-refractivity contribution in [2.75, 3.05) is 23.3 Å². The predicted octanol–water partition coefficient (Wildman–Crippen LogP) is 3.92. The first-order chi connectivity index (χ1) is 16.4. The number of aromatic nitrogens is 3. The summed E-state index contributed by atoms with van der Waals surface area (Å²) in [5, 5.41) is 7.51. The Morgan fingerprint density at radius 2 is 2.09 bits per heavy atom. The number of nitrogens with zero attached hydrogens (tertiary/aromatic N) is 4. The third kappa shape index (κ3) is 4.24. The maximum Gasteiger partial charge on any atom is 0.259 e. The van der Waals surface area contributed by atoms with Crippen LogP contribution >= 0.6 is 11.3 Å². The molecule has 3 N–H and O–H groups in total. The maximum atomic E-state index is 13.3. The van der Waals surface area contributed by atoms with Gasteiger partial charge in [-0.05, 0) is 57.0 Å². The van der Waals surface area contributed by atoms with Crippen molar-refractivity contribution in [2.45, 2.75) is 26.7 Å². The average molecular weight is 477 g/mol. The van der Waals surface area contributed by atoms with Crippen LogP contribution in [-0.2, 0) is 4.79 Å². The zero-order valence-corrected chi connectivity index (χ0v) is 19.7. The van der Waals surface area contributed by atoms with Crippen molar-refractivity contribution in [1.82, 2.24) is 15.1 Å². The molecule has 0 aromatic carbocycles. The highest BCUT2D eigenvalue weighted by Gasteiger charge is 2.25. The Morgan fingerprint density at radius 3 is 2.79 bits per heavy atom. The van der Waals surface area contributed by atoms with E-state index in [9.17, 15) is 9.59 Å². The predicted molar refractivity (Wildman–Crippen MR) is 131 cm³/mol. The molecule has 1 atom stereocenters. The molecule has 9 nitrogen and oxygen atoms in total. The van der Waals surface area contributed by atoms with Crippen molar-refractivity contribution in [3.8, 4) is 10.6 Å². The summed E-state index contributed by atoms with van der Waals surface area (Å²) < 4.78 is 5.38. The lowest BCUT2D eigenvalue weighted by Gasteiger charge is -2.32. The highest BCUT2D eigenvalue weighted by molar-refractivity contribution is 7.15. The van der Waals surface area contributed by atoms with E-state index in [2.05, 4.69) is 20.4 Å². The van der Waals surface area contributed by atoms with Crippen LogP contribution in [0.3, 0.4) is 0 Å². The minimum atomic E-state index is -0.297. The molecule has 5 heterocycles. The van der Waals surface area contributed by atoms with Gasteiger partial charge >= 0.3 is 0 Å². The number of amides is 2. The van der Waals surface area contributed by atoms with E-state index >= 15 is 0 Å². The van der Waals surface area contributed by atoms with Gasteiger partial charge in [0.1, 0.15) is 5.82 Å². The monoisotopic (exact) mass is 476 g/mol. The Balaban J connectivity index is 1.39. The molecule has 0 spiro atoms. The summed E-state index contributed by atoms with van der Waals surface area (Å²) in [4.78, 5) is 38.1. The molecule has 1 aliphatic rings. The molecule has 0 aliphatic carbocycles. The van der Waals surface area contributed by atoms with Gasteiger partial charge in [-0.3, -0.25) is 9.59 Å². The Kier molecular flexibility index (Phi) is 5.74. The molecule has 2 amide bonds. The van der Waals surface area contributed by atoms with Gasteiger partial charge in [-0.1, -0.05) is 5.16 Å². The molecule has 0 radical (unpaired) electrons. The number of carbonyl (C=O) groups excluding carboxylic acids is 2. The molecule has 1 unspecified atom stereocenters. The molecule has 4 aromatic rings. The second-order valence-electron chi connectivity index (χ2n) is 8.46. The molecule has 1 fully saturated rings. The number of aryl methyl sites for hydroxylation is 2. The first-order valence-corrected chi connectivity index (χ1v) is 11.9. The van der Waals surface area contributed by atoms with Crippen molar-refractivity contribution < 1.29 is 14.1 Å². The molecule has 0 saturated carbocycles. The number of primary amides is 1. The highest BCUT2D eigenvalue weighted by atomic mass is 32.1. The van der Waals surface area contributed by atoms with Crippen LogP contribution in [0, 0.1) is 19.8 Å². The summed E-state index contributed by atoms with van der Waals surface area (Å²) in [6.07, 6.45) is 3.30. The Bertz CT molecular complexity index is 1380. The van der Waals surface area contributed by atoms with Crippen LogP contribution < -0.4 is 16.0 Å². The number of piperidine rings is 1. The highest BCUT2D eigenvalue weighted by Crippen LogP contribution is 2.31. The first kappa shape index (κ1) is 22.0. The quantitative estimate of drug-likeness (QED) is 0.447. The molecular formula is C24H24N6O3S. The number of hydrogen-bond acceptors (Lipinski definition) is 8. The molecular weight excluding hydrogens is 452 g/mol. The zero-order valence-electron chi connectivity index (χ0n) is 18.9. The standard InChI is InChI=1S/C24H24N6O3S/c1-13-5-7-19(34-13)18-10-17(21-14(2)29-33-24(21)28-18)23(32)27-16-6-8-20(26-11-16)30-9-3-4-15(12-30)22(25)31/h5-8,10-11,15H,3-4,9,12H2,1-2H3,(H2,25,31)(H,27,32). The van der Waals surface area contributed by atoms with Gasteiger partial charge in [0.15, 0.2) is 0 Å². The third-order valence-corrected chi connectivity index (χ3v) is 7.03. The zero-order chi connectivity index (χ0) is 23.8. The second-order valence-corrected chi connectivity index (χ2v) is 9.75. The molecule has 1 aliphatic heterocycles. The van der Waals surface area contributed by atoms with Crippen LogP contribution in [-0.4, -0.2) is 40.0 Å². The minimum Gasteiger partial charge on any atom is -0.369 e. The SMILES string of the molecule is Cc1ccc(-c2cc(C(=O)Nc3ccc(N4CCCC(C(N)=O)C4)nc3)c3c(C)noc3n2)s1. The van der Waals surface area contributed by atoms with E-state index in [1.807, 2.05) is 30.0 Å². The Morgan fingerprint density at radius 1 is 1.24 bits per heavy atom. The normalized spacial score (nSPS) is 16.1. The lowest BCUT2D eigenvalue weighted by Crippen LogP contribution is -2.41. The molecule has 174 valence electrons. The fourth-order valence-electron chi connectivity index (χ4n) is 4.24. The number of thiophene rings is 1. The van der Waals surface area contributed by atoms with Gasteiger partial charge in [-0.2, -0.15) is 0 Å². The van der Waals surface area contributed by atoms with Crippen molar-refractivity contribution in [3.05, 3.63) is 52.7 Å². The van der Waals surface area contributed by atoms with Gasteiger partial charge in [-0.25, -0.2) is 9.97 Å². The van der Waals surface area contributed by atoms with Crippen molar-refractivity contribution in [1.29, 1.82) is 0 Å². The number of fused-ring (bicyclic) bond motifs is 1. The summed E-state index contributed by atoms with van der Waals surface area (Å²) >= 11 is 1.60. The topological polar surface area (TPSA) is 127 Å². The number of hydrogen-bond donors (Lipinski definition) is 2. The van der Waals surface area contributed by atoms with Crippen LogP contribution in [0.15, 0.2) is 41.1 Å². The second kappa shape index (κ2) is 8.86. The molecule has 34 heavy (non-hydrogen) atoms. The number of anilines is 2. The molecule has 10 heteroatoms. The Labute approximate surface area is 200 Å². The summed E-state index contributed by atoms with van der Waals surface area (Å²) in [6, 6.07) is 9.40. The van der Waals surface area contributed by atoms with E-state index in [1.165, 1.54) is 0 Å². The van der Waals surface area contributed by atoms with Gasteiger partial charge in [0, 0.05) is 18.0 Å². The lowest BCUT2D eigenvalue weighted by molar-refractivity contribution is -0.122. The van der Waals surface area contributed by atoms with Crippen molar-refractivity contribution in [2.24, 2.45) is 11.7 Å². The molecule has 0 bridgehead atoms. The lowest BCUT2D eigenvalue weighted by atomic mass is 9.97. The number of nitrogens with two attached hydrogens (primary N) is 1. The minimum absolute atomic E-state index is 0.169. The van der Waals surface area contributed by atoms with E-state index in [1.54, 1.807) is 36.6 Å². The fourth-order valence-corrected chi connectivity index (χ4v) is 5.06. The van der Waals surface area contributed by atoms with E-state index in [0.29, 0.717) is 40.3 Å².